The highest BCUT2D eigenvalue weighted by Gasteiger charge is 2.32. The second-order valence-electron chi connectivity index (χ2n) is 7.30. The molecule has 0 fully saturated rings. The van der Waals surface area contributed by atoms with E-state index in [1.165, 1.54) is 28.6 Å². The third-order valence-corrected chi connectivity index (χ3v) is 5.22. The summed E-state index contributed by atoms with van der Waals surface area (Å²) in [6, 6.07) is 25.0. The number of nitrogens with zero attached hydrogens (tertiary/aromatic N) is 1. The second kappa shape index (κ2) is 8.28. The Balaban J connectivity index is 1.49. The number of hydrogen-bond acceptors (Lipinski definition) is 2. The predicted octanol–water partition coefficient (Wildman–Crippen LogP) is 6.77. The van der Waals surface area contributed by atoms with Crippen molar-refractivity contribution in [2.45, 2.75) is 25.7 Å². The molecule has 0 unspecified atom stereocenters. The molecule has 0 saturated heterocycles. The minimum Gasteiger partial charge on any atom is -0.306 e. The highest BCUT2D eigenvalue weighted by Crippen LogP contribution is 2.29. The fourth-order valence-electron chi connectivity index (χ4n) is 3.60. The molecule has 0 radical (unpaired) electrons. The molecule has 0 saturated carbocycles. The maximum absolute atomic E-state index is 12.7. The first-order chi connectivity index (χ1) is 14.4. The van der Waals surface area contributed by atoms with Gasteiger partial charge in [-0.3, -0.25) is 4.98 Å². The van der Waals surface area contributed by atoms with Crippen LogP contribution < -0.4 is 5.32 Å². The van der Waals surface area contributed by atoms with Crippen LogP contribution in [0, 0.1) is 0 Å². The van der Waals surface area contributed by atoms with E-state index in [0.29, 0.717) is 12.1 Å². The molecule has 1 atom stereocenters. The van der Waals surface area contributed by atoms with Gasteiger partial charge in [-0.2, -0.15) is 13.2 Å². The largest absolute Gasteiger partial charge is 0.433 e. The van der Waals surface area contributed by atoms with Gasteiger partial charge in [0.05, 0.1) is 0 Å². The van der Waals surface area contributed by atoms with E-state index in [1.807, 2.05) is 36.4 Å². The number of hydrogen-bond donors (Lipinski definition) is 1. The highest BCUT2D eigenvalue weighted by atomic mass is 19.4. The quantitative estimate of drug-likeness (QED) is 0.396. The number of aromatic nitrogens is 1. The lowest BCUT2D eigenvalue weighted by molar-refractivity contribution is -0.141. The third kappa shape index (κ3) is 4.36. The normalized spacial score (nSPS) is 12.8. The molecular formula is C25H21F3N2. The van der Waals surface area contributed by atoms with Crippen molar-refractivity contribution in [3.63, 3.8) is 0 Å². The van der Waals surface area contributed by atoms with E-state index >= 15 is 0 Å². The van der Waals surface area contributed by atoms with E-state index in [4.69, 9.17) is 0 Å². The third-order valence-electron chi connectivity index (χ3n) is 5.22. The summed E-state index contributed by atoms with van der Waals surface area (Å²) in [5.74, 6) is 0. The van der Waals surface area contributed by atoms with Crippen molar-refractivity contribution in [2.75, 3.05) is 0 Å². The molecule has 1 heterocycles. The molecule has 0 aliphatic carbocycles. The first kappa shape index (κ1) is 20.1. The summed E-state index contributed by atoms with van der Waals surface area (Å²) in [4.78, 5) is 3.56. The Morgan fingerprint density at radius 3 is 2.40 bits per heavy atom. The van der Waals surface area contributed by atoms with Gasteiger partial charge in [-0.15, -0.1) is 0 Å². The van der Waals surface area contributed by atoms with E-state index < -0.39 is 11.9 Å². The van der Waals surface area contributed by atoms with Gasteiger partial charge in [0, 0.05) is 24.3 Å². The molecule has 5 heteroatoms. The Labute approximate surface area is 173 Å². The van der Waals surface area contributed by atoms with Gasteiger partial charge in [0.25, 0.3) is 0 Å². The van der Waals surface area contributed by atoms with Crippen molar-refractivity contribution in [3.05, 3.63) is 102 Å². The zero-order chi connectivity index (χ0) is 21.1. The van der Waals surface area contributed by atoms with Gasteiger partial charge in [-0.05, 0) is 46.5 Å². The fraction of sp³-hybridized carbons (Fsp3) is 0.160. The van der Waals surface area contributed by atoms with E-state index in [9.17, 15) is 13.2 Å². The van der Waals surface area contributed by atoms with Gasteiger partial charge < -0.3 is 5.32 Å². The molecular weight excluding hydrogens is 385 g/mol. The minimum absolute atomic E-state index is 0.146. The monoisotopic (exact) mass is 406 g/mol. The van der Waals surface area contributed by atoms with Gasteiger partial charge in [-0.25, -0.2) is 0 Å². The molecule has 152 valence electrons. The van der Waals surface area contributed by atoms with Gasteiger partial charge >= 0.3 is 6.18 Å². The smallest absolute Gasteiger partial charge is 0.306 e. The van der Waals surface area contributed by atoms with Crippen molar-refractivity contribution in [1.29, 1.82) is 0 Å². The van der Waals surface area contributed by atoms with Crippen LogP contribution in [0.15, 0.2) is 85.1 Å². The number of rotatable bonds is 5. The minimum atomic E-state index is -4.43. The zero-order valence-electron chi connectivity index (χ0n) is 16.4. The molecule has 1 N–H and O–H groups in total. The fourth-order valence-corrected chi connectivity index (χ4v) is 3.60. The van der Waals surface area contributed by atoms with Crippen molar-refractivity contribution in [2.24, 2.45) is 0 Å². The van der Waals surface area contributed by atoms with Crippen LogP contribution in [0.25, 0.3) is 21.9 Å². The maximum Gasteiger partial charge on any atom is 0.433 e. The zero-order valence-corrected chi connectivity index (χ0v) is 16.4. The van der Waals surface area contributed by atoms with E-state index in [2.05, 4.69) is 47.6 Å². The standard InChI is InChI=1S/C25H21F3N2/c1-17(22-11-5-8-19-7-2-3-10-23(19)22)29-15-18-6-4-9-20(14-18)21-12-13-24(30-16-21)25(26,27)28/h2-14,16-17,29H,15H2,1H3/t17-/m1/s1. The van der Waals surface area contributed by atoms with Gasteiger partial charge in [-0.1, -0.05) is 66.7 Å². The Bertz CT molecular complexity index is 1150. The van der Waals surface area contributed by atoms with Crippen LogP contribution in [0.3, 0.4) is 0 Å². The Hall–Kier alpha value is -3.18. The van der Waals surface area contributed by atoms with Crippen LogP contribution in [0.2, 0.25) is 0 Å². The molecule has 0 aliphatic rings. The maximum atomic E-state index is 12.7. The lowest BCUT2D eigenvalue weighted by Gasteiger charge is -2.17. The van der Waals surface area contributed by atoms with Crippen molar-refractivity contribution in [1.82, 2.24) is 10.3 Å². The summed E-state index contributed by atoms with van der Waals surface area (Å²) in [6.07, 6.45) is -3.16. The first-order valence-electron chi connectivity index (χ1n) is 9.75. The average molecular weight is 406 g/mol. The van der Waals surface area contributed by atoms with Crippen LogP contribution in [0.1, 0.15) is 29.8 Å². The van der Waals surface area contributed by atoms with Crippen LogP contribution >= 0.6 is 0 Å². The molecule has 4 aromatic rings. The number of fused-ring (bicyclic) bond motifs is 1. The average Bonchev–Trinajstić information content (AvgIpc) is 2.77. The Morgan fingerprint density at radius 2 is 1.63 bits per heavy atom. The number of alkyl halides is 3. The first-order valence-corrected chi connectivity index (χ1v) is 9.75. The lowest BCUT2D eigenvalue weighted by atomic mass is 9.99. The van der Waals surface area contributed by atoms with Crippen molar-refractivity contribution >= 4 is 10.8 Å². The molecule has 1 aromatic heterocycles. The molecule has 4 rings (SSSR count). The van der Waals surface area contributed by atoms with Gasteiger partial charge in [0.15, 0.2) is 0 Å². The molecule has 0 spiro atoms. The summed E-state index contributed by atoms with van der Waals surface area (Å²) in [6.45, 7) is 2.78. The number of halogens is 3. The van der Waals surface area contributed by atoms with Gasteiger partial charge in [0.2, 0.25) is 0 Å². The summed E-state index contributed by atoms with van der Waals surface area (Å²) in [5.41, 5.74) is 2.91. The van der Waals surface area contributed by atoms with E-state index in [1.54, 1.807) is 0 Å². The molecule has 3 aromatic carbocycles. The Morgan fingerprint density at radius 1 is 0.867 bits per heavy atom. The Kier molecular flexibility index (Phi) is 5.55. The van der Waals surface area contributed by atoms with Crippen molar-refractivity contribution < 1.29 is 13.2 Å². The van der Waals surface area contributed by atoms with E-state index in [-0.39, 0.29) is 6.04 Å². The number of benzene rings is 3. The topological polar surface area (TPSA) is 24.9 Å². The van der Waals surface area contributed by atoms with E-state index in [0.717, 1.165) is 17.2 Å². The predicted molar refractivity (Wildman–Crippen MR) is 114 cm³/mol. The summed E-state index contributed by atoms with van der Waals surface area (Å²) in [7, 11) is 0. The summed E-state index contributed by atoms with van der Waals surface area (Å²) >= 11 is 0. The SMILES string of the molecule is C[C@@H](NCc1cccc(-c2ccc(C(F)(F)F)nc2)c1)c1cccc2ccccc12. The van der Waals surface area contributed by atoms with Gasteiger partial charge in [0.1, 0.15) is 5.69 Å². The van der Waals surface area contributed by atoms with Crippen LogP contribution in [-0.4, -0.2) is 4.98 Å². The lowest BCUT2D eigenvalue weighted by Crippen LogP contribution is -2.18. The molecule has 30 heavy (non-hydrogen) atoms. The van der Waals surface area contributed by atoms with Crippen molar-refractivity contribution in [3.8, 4) is 11.1 Å². The molecule has 0 amide bonds. The van der Waals surface area contributed by atoms with Crippen LogP contribution in [0.5, 0.6) is 0 Å². The summed E-state index contributed by atoms with van der Waals surface area (Å²) < 4.78 is 38.2. The molecule has 0 aliphatic heterocycles. The highest BCUT2D eigenvalue weighted by molar-refractivity contribution is 5.86. The number of pyridine rings is 1. The number of nitrogens with one attached hydrogen (secondary N) is 1. The molecule has 0 bridgehead atoms. The van der Waals surface area contributed by atoms with Crippen LogP contribution in [0.4, 0.5) is 13.2 Å². The second-order valence-corrected chi connectivity index (χ2v) is 7.30. The summed E-state index contributed by atoms with van der Waals surface area (Å²) in [5, 5.41) is 5.99. The molecule has 2 nitrogen and oxygen atoms in total. The van der Waals surface area contributed by atoms with Crippen LogP contribution in [-0.2, 0) is 12.7 Å².